The first-order valence-corrected chi connectivity index (χ1v) is 10.5. The maximum Gasteiger partial charge on any atom is 0.187 e. The Morgan fingerprint density at radius 3 is 2.27 bits per heavy atom. The zero-order valence-electron chi connectivity index (χ0n) is 16.7. The third kappa shape index (κ3) is 5.37. The molecule has 0 fully saturated rings. The van der Waals surface area contributed by atoms with Crippen molar-refractivity contribution < 1.29 is 13.9 Å². The molecule has 0 aliphatic carbocycles. The van der Waals surface area contributed by atoms with Crippen molar-refractivity contribution in [2.45, 2.75) is 51.0 Å². The number of rotatable bonds is 9. The molecule has 3 rings (SSSR count). The standard InChI is InChI=1S/C23H24ClF2N3O/c1-2-3-4-5-7-17(22(30)15-10-12-16(24)13-11-15)20-14-27-23(29-28-20)21-18(25)8-6-9-19(21)26/h6,8-14,17,22,30H,2-5,7H2,1H3. The number of unbranched alkanes of at least 4 members (excludes halogenated alkanes) is 3. The summed E-state index contributed by atoms with van der Waals surface area (Å²) in [5, 5.41) is 19.7. The van der Waals surface area contributed by atoms with Crippen molar-refractivity contribution >= 4 is 11.6 Å². The Bertz CT molecular complexity index is 931. The van der Waals surface area contributed by atoms with Gasteiger partial charge in [0.1, 0.15) is 11.6 Å². The zero-order chi connectivity index (χ0) is 21.5. The summed E-state index contributed by atoms with van der Waals surface area (Å²) in [7, 11) is 0. The van der Waals surface area contributed by atoms with Crippen LogP contribution in [-0.2, 0) is 0 Å². The molecule has 4 nitrogen and oxygen atoms in total. The van der Waals surface area contributed by atoms with E-state index in [1.807, 2.05) is 0 Å². The minimum Gasteiger partial charge on any atom is -0.388 e. The fourth-order valence-corrected chi connectivity index (χ4v) is 3.56. The molecule has 0 saturated carbocycles. The Balaban J connectivity index is 1.87. The van der Waals surface area contributed by atoms with Gasteiger partial charge in [-0.15, -0.1) is 5.10 Å². The molecule has 7 heteroatoms. The van der Waals surface area contributed by atoms with Crippen LogP contribution in [0.2, 0.25) is 5.02 Å². The number of aromatic nitrogens is 3. The van der Waals surface area contributed by atoms with Crippen LogP contribution < -0.4 is 0 Å². The molecule has 2 atom stereocenters. The number of halogens is 3. The average Bonchev–Trinajstić information content (AvgIpc) is 2.74. The Labute approximate surface area is 180 Å². The van der Waals surface area contributed by atoms with Crippen LogP contribution in [0.5, 0.6) is 0 Å². The summed E-state index contributed by atoms with van der Waals surface area (Å²) >= 11 is 5.96. The van der Waals surface area contributed by atoms with Crippen LogP contribution >= 0.6 is 11.6 Å². The van der Waals surface area contributed by atoms with Gasteiger partial charge in [-0.3, -0.25) is 0 Å². The normalized spacial score (nSPS) is 13.2. The Kier molecular flexibility index (Phi) is 7.82. The summed E-state index contributed by atoms with van der Waals surface area (Å²) in [5.41, 5.74) is 0.884. The van der Waals surface area contributed by atoms with Crippen molar-refractivity contribution in [1.82, 2.24) is 15.2 Å². The molecule has 1 N–H and O–H groups in total. The van der Waals surface area contributed by atoms with Gasteiger partial charge < -0.3 is 5.11 Å². The Morgan fingerprint density at radius 1 is 0.967 bits per heavy atom. The molecule has 158 valence electrons. The van der Waals surface area contributed by atoms with Crippen LogP contribution in [0, 0.1) is 11.6 Å². The molecule has 0 bridgehead atoms. The summed E-state index contributed by atoms with van der Waals surface area (Å²) < 4.78 is 28.0. The first-order valence-electron chi connectivity index (χ1n) is 10.1. The van der Waals surface area contributed by atoms with Gasteiger partial charge in [0.15, 0.2) is 5.82 Å². The summed E-state index contributed by atoms with van der Waals surface area (Å²) in [6.45, 7) is 2.13. The number of hydrogen-bond acceptors (Lipinski definition) is 4. The minimum absolute atomic E-state index is 0.125. The van der Waals surface area contributed by atoms with Gasteiger partial charge >= 0.3 is 0 Å². The number of nitrogens with zero attached hydrogens (tertiary/aromatic N) is 3. The van der Waals surface area contributed by atoms with Crippen LogP contribution in [0.25, 0.3) is 11.4 Å². The van der Waals surface area contributed by atoms with E-state index in [1.54, 1.807) is 24.3 Å². The lowest BCUT2D eigenvalue weighted by atomic mass is 9.88. The predicted molar refractivity (Wildman–Crippen MR) is 113 cm³/mol. The van der Waals surface area contributed by atoms with E-state index in [1.165, 1.54) is 12.3 Å². The predicted octanol–water partition coefficient (Wildman–Crippen LogP) is 6.26. The lowest BCUT2D eigenvalue weighted by Crippen LogP contribution is -2.14. The van der Waals surface area contributed by atoms with E-state index in [4.69, 9.17) is 11.6 Å². The van der Waals surface area contributed by atoms with Gasteiger partial charge in [0.2, 0.25) is 0 Å². The van der Waals surface area contributed by atoms with Crippen LogP contribution in [0.3, 0.4) is 0 Å². The SMILES string of the molecule is CCCCCCC(c1cnc(-c2c(F)cccc2F)nn1)C(O)c1ccc(Cl)cc1. The molecule has 1 aromatic heterocycles. The highest BCUT2D eigenvalue weighted by atomic mass is 35.5. The minimum atomic E-state index is -0.823. The molecule has 0 radical (unpaired) electrons. The van der Waals surface area contributed by atoms with Crippen molar-refractivity contribution in [1.29, 1.82) is 0 Å². The molecule has 0 spiro atoms. The van der Waals surface area contributed by atoms with Crippen LogP contribution in [0.15, 0.2) is 48.7 Å². The molecule has 0 amide bonds. The molecule has 0 saturated heterocycles. The second kappa shape index (κ2) is 10.5. The van der Waals surface area contributed by atoms with E-state index < -0.39 is 17.7 Å². The quantitative estimate of drug-likeness (QED) is 0.406. The number of aliphatic hydroxyl groups excluding tert-OH is 1. The first-order chi connectivity index (χ1) is 14.5. The number of benzene rings is 2. The monoisotopic (exact) mass is 431 g/mol. The van der Waals surface area contributed by atoms with E-state index in [0.717, 1.165) is 37.8 Å². The molecule has 1 heterocycles. The molecular formula is C23H24ClF2N3O. The smallest absolute Gasteiger partial charge is 0.187 e. The highest BCUT2D eigenvalue weighted by Crippen LogP contribution is 2.35. The zero-order valence-corrected chi connectivity index (χ0v) is 17.5. The van der Waals surface area contributed by atoms with Crippen molar-refractivity contribution in [2.75, 3.05) is 0 Å². The maximum atomic E-state index is 14.0. The first kappa shape index (κ1) is 22.2. The Morgan fingerprint density at radius 2 is 1.67 bits per heavy atom. The average molecular weight is 432 g/mol. The second-order valence-electron chi connectivity index (χ2n) is 7.26. The Hall–Kier alpha value is -2.44. The van der Waals surface area contributed by atoms with Crippen LogP contribution in [0.1, 0.15) is 62.3 Å². The van der Waals surface area contributed by atoms with Crippen molar-refractivity contribution in [3.8, 4) is 11.4 Å². The number of aliphatic hydroxyl groups is 1. The largest absolute Gasteiger partial charge is 0.388 e. The molecule has 0 aliphatic rings. The van der Waals surface area contributed by atoms with Gasteiger partial charge in [-0.25, -0.2) is 13.8 Å². The summed E-state index contributed by atoms with van der Waals surface area (Å²) in [6.07, 6.45) is 5.48. The maximum absolute atomic E-state index is 14.0. The van der Waals surface area contributed by atoms with Crippen molar-refractivity contribution in [3.63, 3.8) is 0 Å². The van der Waals surface area contributed by atoms with E-state index in [9.17, 15) is 13.9 Å². The van der Waals surface area contributed by atoms with Crippen molar-refractivity contribution in [3.05, 3.63) is 76.6 Å². The van der Waals surface area contributed by atoms with Gasteiger partial charge in [0.05, 0.1) is 23.6 Å². The molecule has 2 aromatic carbocycles. The lowest BCUT2D eigenvalue weighted by molar-refractivity contribution is 0.136. The summed E-state index contributed by atoms with van der Waals surface area (Å²) in [5.74, 6) is -1.97. The highest BCUT2D eigenvalue weighted by Gasteiger charge is 2.25. The van der Waals surface area contributed by atoms with Crippen LogP contribution in [0.4, 0.5) is 8.78 Å². The van der Waals surface area contributed by atoms with E-state index in [-0.39, 0.29) is 17.3 Å². The summed E-state index contributed by atoms with van der Waals surface area (Å²) in [6, 6.07) is 10.6. The van der Waals surface area contributed by atoms with E-state index >= 15 is 0 Å². The third-order valence-corrected chi connectivity index (χ3v) is 5.36. The van der Waals surface area contributed by atoms with Gasteiger partial charge in [0.25, 0.3) is 0 Å². The topological polar surface area (TPSA) is 58.9 Å². The van der Waals surface area contributed by atoms with Gasteiger partial charge in [0, 0.05) is 10.9 Å². The van der Waals surface area contributed by atoms with Gasteiger partial charge in [-0.2, -0.15) is 5.10 Å². The van der Waals surface area contributed by atoms with Gasteiger partial charge in [-0.1, -0.05) is 62.4 Å². The summed E-state index contributed by atoms with van der Waals surface area (Å²) in [4.78, 5) is 4.14. The fourth-order valence-electron chi connectivity index (χ4n) is 3.43. The highest BCUT2D eigenvalue weighted by molar-refractivity contribution is 6.30. The van der Waals surface area contributed by atoms with E-state index in [0.29, 0.717) is 22.7 Å². The third-order valence-electron chi connectivity index (χ3n) is 5.11. The second-order valence-corrected chi connectivity index (χ2v) is 7.69. The molecule has 2 unspecified atom stereocenters. The van der Waals surface area contributed by atoms with E-state index in [2.05, 4.69) is 22.1 Å². The molecule has 3 aromatic rings. The fraction of sp³-hybridized carbons (Fsp3) is 0.348. The lowest BCUT2D eigenvalue weighted by Gasteiger charge is -2.22. The number of hydrogen-bond donors (Lipinski definition) is 1. The molecule has 0 aliphatic heterocycles. The molecule has 30 heavy (non-hydrogen) atoms. The van der Waals surface area contributed by atoms with Crippen molar-refractivity contribution in [2.24, 2.45) is 0 Å². The van der Waals surface area contributed by atoms with Crippen LogP contribution in [-0.4, -0.2) is 20.3 Å². The van der Waals surface area contributed by atoms with Gasteiger partial charge in [-0.05, 0) is 36.2 Å². The molecular weight excluding hydrogens is 408 g/mol.